The molecule has 1 fully saturated rings. The van der Waals surface area contributed by atoms with E-state index in [9.17, 15) is 9.59 Å². The minimum Gasteiger partial charge on any atom is -0.326 e. The van der Waals surface area contributed by atoms with Gasteiger partial charge in [-0.15, -0.1) is 0 Å². The van der Waals surface area contributed by atoms with Crippen LogP contribution < -0.4 is 5.32 Å². The summed E-state index contributed by atoms with van der Waals surface area (Å²) >= 11 is 6.61. The second kappa shape index (κ2) is 8.50. The van der Waals surface area contributed by atoms with Gasteiger partial charge in [0.25, 0.3) is 5.91 Å². The molecule has 0 saturated carbocycles. The van der Waals surface area contributed by atoms with Crippen LogP contribution in [0.2, 0.25) is 0 Å². The van der Waals surface area contributed by atoms with Crippen molar-refractivity contribution in [1.82, 2.24) is 4.90 Å². The lowest BCUT2D eigenvalue weighted by molar-refractivity contribution is -0.122. The number of thiocarbonyl (C=S) groups is 1. The van der Waals surface area contributed by atoms with Crippen molar-refractivity contribution in [2.24, 2.45) is 0 Å². The maximum atomic E-state index is 12.6. The lowest BCUT2D eigenvalue weighted by atomic mass is 10.1. The van der Waals surface area contributed by atoms with Gasteiger partial charge in [0.2, 0.25) is 5.91 Å². The van der Waals surface area contributed by atoms with Crippen molar-refractivity contribution in [3.05, 3.63) is 70.1 Å². The van der Waals surface area contributed by atoms with E-state index in [0.29, 0.717) is 9.23 Å². The maximum Gasteiger partial charge on any atom is 0.266 e. The average Bonchev–Trinajstić information content (AvgIpc) is 2.90. The zero-order valence-corrected chi connectivity index (χ0v) is 16.8. The molecule has 0 aliphatic carbocycles. The fourth-order valence-corrected chi connectivity index (χ4v) is 3.95. The monoisotopic (exact) mass is 396 g/mol. The van der Waals surface area contributed by atoms with Crippen molar-refractivity contribution in [1.29, 1.82) is 0 Å². The SMILES string of the molecule is Cc1ccc(/C=C2\SC(=S)N(CCC(=O)Nc3ccccc3C)C2=O)cc1. The van der Waals surface area contributed by atoms with Gasteiger partial charge in [0.1, 0.15) is 4.32 Å². The fraction of sp³-hybridized carbons (Fsp3) is 0.190. The highest BCUT2D eigenvalue weighted by atomic mass is 32.2. The molecule has 0 aromatic heterocycles. The lowest BCUT2D eigenvalue weighted by Gasteiger charge is -2.14. The minimum absolute atomic E-state index is 0.138. The van der Waals surface area contributed by atoms with E-state index in [-0.39, 0.29) is 24.8 Å². The van der Waals surface area contributed by atoms with E-state index in [2.05, 4.69) is 5.32 Å². The Balaban J connectivity index is 1.61. The van der Waals surface area contributed by atoms with Gasteiger partial charge in [0.15, 0.2) is 0 Å². The highest BCUT2D eigenvalue weighted by molar-refractivity contribution is 8.26. The average molecular weight is 397 g/mol. The summed E-state index contributed by atoms with van der Waals surface area (Å²) in [6.45, 7) is 4.23. The Labute approximate surface area is 168 Å². The van der Waals surface area contributed by atoms with E-state index in [1.54, 1.807) is 0 Å². The molecule has 0 unspecified atom stereocenters. The summed E-state index contributed by atoms with van der Waals surface area (Å²) in [5.74, 6) is -0.282. The van der Waals surface area contributed by atoms with Gasteiger partial charge in [-0.05, 0) is 37.1 Å². The van der Waals surface area contributed by atoms with E-state index in [0.717, 1.165) is 16.8 Å². The van der Waals surface area contributed by atoms with Crippen molar-refractivity contribution >= 4 is 51.9 Å². The molecular formula is C21H20N2O2S2. The molecule has 1 N–H and O–H groups in total. The Bertz CT molecular complexity index is 920. The number of thioether (sulfide) groups is 1. The van der Waals surface area contributed by atoms with Gasteiger partial charge in [-0.1, -0.05) is 72.0 Å². The molecule has 1 aliphatic heterocycles. The molecule has 2 amide bonds. The summed E-state index contributed by atoms with van der Waals surface area (Å²) in [6, 6.07) is 15.5. The minimum atomic E-state index is -0.144. The number of nitrogens with one attached hydrogen (secondary N) is 1. The van der Waals surface area contributed by atoms with Crippen molar-refractivity contribution in [2.75, 3.05) is 11.9 Å². The van der Waals surface area contributed by atoms with Gasteiger partial charge in [-0.2, -0.15) is 0 Å². The number of amides is 2. The number of anilines is 1. The predicted octanol–water partition coefficient (Wildman–Crippen LogP) is 4.53. The van der Waals surface area contributed by atoms with Gasteiger partial charge in [-0.25, -0.2) is 0 Å². The van der Waals surface area contributed by atoms with E-state index >= 15 is 0 Å². The topological polar surface area (TPSA) is 49.4 Å². The molecule has 6 heteroatoms. The van der Waals surface area contributed by atoms with Crippen molar-refractivity contribution < 1.29 is 9.59 Å². The zero-order valence-electron chi connectivity index (χ0n) is 15.2. The van der Waals surface area contributed by atoms with Crippen LogP contribution in [0.25, 0.3) is 6.08 Å². The van der Waals surface area contributed by atoms with E-state index in [1.807, 2.05) is 68.5 Å². The number of hydrogen-bond donors (Lipinski definition) is 1. The summed E-state index contributed by atoms with van der Waals surface area (Å²) in [5, 5.41) is 2.88. The number of benzene rings is 2. The summed E-state index contributed by atoms with van der Waals surface area (Å²) in [4.78, 5) is 26.9. The highest BCUT2D eigenvalue weighted by Crippen LogP contribution is 2.32. The van der Waals surface area contributed by atoms with Gasteiger partial charge in [0.05, 0.1) is 4.91 Å². The Morgan fingerprint density at radius 2 is 1.85 bits per heavy atom. The van der Waals surface area contributed by atoms with Crippen LogP contribution in [0, 0.1) is 13.8 Å². The number of aryl methyl sites for hydroxylation is 2. The van der Waals surface area contributed by atoms with Crippen LogP contribution in [0.1, 0.15) is 23.1 Å². The molecule has 0 spiro atoms. The molecule has 0 radical (unpaired) electrons. The number of nitrogens with zero attached hydrogens (tertiary/aromatic N) is 1. The molecule has 2 aromatic rings. The third kappa shape index (κ3) is 4.84. The second-order valence-corrected chi connectivity index (χ2v) is 8.03. The smallest absolute Gasteiger partial charge is 0.266 e. The molecule has 27 heavy (non-hydrogen) atoms. The van der Waals surface area contributed by atoms with Crippen LogP contribution >= 0.6 is 24.0 Å². The van der Waals surface area contributed by atoms with Gasteiger partial charge in [-0.3, -0.25) is 14.5 Å². The fourth-order valence-electron chi connectivity index (χ4n) is 2.65. The second-order valence-electron chi connectivity index (χ2n) is 6.36. The third-order valence-corrected chi connectivity index (χ3v) is 5.61. The van der Waals surface area contributed by atoms with E-state index < -0.39 is 0 Å². The van der Waals surface area contributed by atoms with E-state index in [4.69, 9.17) is 12.2 Å². The first-order valence-corrected chi connectivity index (χ1v) is 9.84. The summed E-state index contributed by atoms with van der Waals surface area (Å²) < 4.78 is 0.488. The maximum absolute atomic E-state index is 12.6. The van der Waals surface area contributed by atoms with Crippen molar-refractivity contribution in [3.8, 4) is 0 Å². The quantitative estimate of drug-likeness (QED) is 0.596. The Morgan fingerprint density at radius 3 is 2.56 bits per heavy atom. The zero-order chi connectivity index (χ0) is 19.4. The van der Waals surface area contributed by atoms with Gasteiger partial charge in [0, 0.05) is 18.7 Å². The van der Waals surface area contributed by atoms with Gasteiger partial charge < -0.3 is 5.32 Å². The summed E-state index contributed by atoms with van der Waals surface area (Å²) in [7, 11) is 0. The third-order valence-electron chi connectivity index (χ3n) is 4.23. The lowest BCUT2D eigenvalue weighted by Crippen LogP contribution is -2.31. The molecule has 4 nitrogen and oxygen atoms in total. The van der Waals surface area contributed by atoms with E-state index in [1.165, 1.54) is 22.2 Å². The number of carbonyl (C=O) groups excluding carboxylic acids is 2. The summed E-state index contributed by atoms with van der Waals surface area (Å²) in [5.41, 5.74) is 3.91. The Hall–Kier alpha value is -2.44. The Morgan fingerprint density at radius 1 is 1.15 bits per heavy atom. The first kappa shape index (κ1) is 19.3. The van der Waals surface area contributed by atoms with Crippen molar-refractivity contribution in [3.63, 3.8) is 0 Å². The summed E-state index contributed by atoms with van der Waals surface area (Å²) in [6.07, 6.45) is 2.03. The van der Waals surface area contributed by atoms with Crippen LogP contribution in [0.15, 0.2) is 53.4 Å². The number of carbonyl (C=O) groups is 2. The van der Waals surface area contributed by atoms with Crippen LogP contribution in [0.4, 0.5) is 5.69 Å². The number of para-hydroxylation sites is 1. The molecule has 3 rings (SSSR count). The molecule has 1 aliphatic rings. The Kier molecular flexibility index (Phi) is 6.08. The standard InChI is InChI=1S/C21H20N2O2S2/c1-14-7-9-16(10-8-14)13-18-20(25)23(21(26)27-18)12-11-19(24)22-17-6-4-3-5-15(17)2/h3-10,13H,11-12H2,1-2H3,(H,22,24)/b18-13-. The first-order chi connectivity index (χ1) is 12.9. The van der Waals surface area contributed by atoms with Gasteiger partial charge >= 0.3 is 0 Å². The first-order valence-electron chi connectivity index (χ1n) is 8.61. The van der Waals surface area contributed by atoms with Crippen LogP contribution in [0.5, 0.6) is 0 Å². The molecule has 0 bridgehead atoms. The molecule has 2 aromatic carbocycles. The molecular weight excluding hydrogens is 376 g/mol. The predicted molar refractivity (Wildman–Crippen MR) is 115 cm³/mol. The normalized spacial score (nSPS) is 15.5. The van der Waals surface area contributed by atoms with Crippen LogP contribution in [-0.4, -0.2) is 27.6 Å². The largest absolute Gasteiger partial charge is 0.326 e. The number of hydrogen-bond acceptors (Lipinski definition) is 4. The van der Waals surface area contributed by atoms with Crippen LogP contribution in [-0.2, 0) is 9.59 Å². The van der Waals surface area contributed by atoms with Crippen LogP contribution in [0.3, 0.4) is 0 Å². The molecule has 138 valence electrons. The highest BCUT2D eigenvalue weighted by Gasteiger charge is 2.32. The molecule has 1 heterocycles. The number of rotatable bonds is 5. The molecule has 0 atom stereocenters. The molecule has 1 saturated heterocycles. The van der Waals surface area contributed by atoms with Crippen molar-refractivity contribution in [2.45, 2.75) is 20.3 Å².